The van der Waals surface area contributed by atoms with Crippen LogP contribution >= 0.6 is 11.6 Å². The molecule has 9 heteroatoms. The van der Waals surface area contributed by atoms with Crippen molar-refractivity contribution in [1.82, 2.24) is 14.2 Å². The molecule has 0 bridgehead atoms. The van der Waals surface area contributed by atoms with Gasteiger partial charge in [0, 0.05) is 36.8 Å². The molecule has 2 aromatic carbocycles. The van der Waals surface area contributed by atoms with Crippen LogP contribution in [0, 0.1) is 5.82 Å². The van der Waals surface area contributed by atoms with Crippen molar-refractivity contribution in [2.24, 2.45) is 0 Å². The minimum Gasteiger partial charge on any atom is -0.439 e. The molecule has 1 aromatic heterocycles. The number of oxazole rings is 1. The summed E-state index contributed by atoms with van der Waals surface area (Å²) < 4.78 is 45.7. The van der Waals surface area contributed by atoms with Gasteiger partial charge >= 0.3 is 0 Å². The smallest absolute Gasteiger partial charge is 0.243 e. The van der Waals surface area contributed by atoms with E-state index in [1.54, 1.807) is 18.3 Å². The highest BCUT2D eigenvalue weighted by molar-refractivity contribution is 7.89. The predicted molar refractivity (Wildman–Crippen MR) is 107 cm³/mol. The van der Waals surface area contributed by atoms with Crippen molar-refractivity contribution in [3.05, 3.63) is 71.5 Å². The van der Waals surface area contributed by atoms with Crippen molar-refractivity contribution in [3.8, 4) is 11.3 Å². The maximum Gasteiger partial charge on any atom is 0.243 e. The third-order valence-electron chi connectivity index (χ3n) is 4.82. The van der Waals surface area contributed by atoms with Gasteiger partial charge in [-0.3, -0.25) is 4.90 Å². The normalized spacial score (nSPS) is 16.2. The molecule has 3 aromatic rings. The molecule has 0 N–H and O–H groups in total. The minimum absolute atomic E-state index is 0.104. The molecular formula is C20H19ClFN3O3S. The van der Waals surface area contributed by atoms with Gasteiger partial charge in [-0.15, -0.1) is 0 Å². The van der Waals surface area contributed by atoms with Gasteiger partial charge in [0.05, 0.1) is 17.6 Å². The van der Waals surface area contributed by atoms with Crippen LogP contribution in [0.2, 0.25) is 5.02 Å². The van der Waals surface area contributed by atoms with E-state index in [0.717, 1.165) is 17.7 Å². The molecule has 0 spiro atoms. The summed E-state index contributed by atoms with van der Waals surface area (Å²) in [6, 6.07) is 12.2. The maximum atomic E-state index is 13.1. The lowest BCUT2D eigenvalue weighted by Gasteiger charge is -2.33. The van der Waals surface area contributed by atoms with Crippen LogP contribution in [0.15, 0.2) is 64.0 Å². The van der Waals surface area contributed by atoms with Crippen molar-refractivity contribution in [2.45, 2.75) is 11.4 Å². The summed E-state index contributed by atoms with van der Waals surface area (Å²) in [6.45, 7) is 2.31. The minimum atomic E-state index is -3.62. The van der Waals surface area contributed by atoms with E-state index in [-0.39, 0.29) is 4.90 Å². The average molecular weight is 436 g/mol. The third-order valence-corrected chi connectivity index (χ3v) is 6.99. The highest BCUT2D eigenvalue weighted by Crippen LogP contribution is 2.23. The molecule has 0 radical (unpaired) electrons. The Bertz CT molecular complexity index is 1080. The van der Waals surface area contributed by atoms with Crippen LogP contribution in [-0.2, 0) is 16.6 Å². The van der Waals surface area contributed by atoms with Crippen LogP contribution in [0.25, 0.3) is 11.3 Å². The van der Waals surface area contributed by atoms with Crippen molar-refractivity contribution in [3.63, 3.8) is 0 Å². The van der Waals surface area contributed by atoms with E-state index < -0.39 is 15.8 Å². The van der Waals surface area contributed by atoms with E-state index in [1.165, 1.54) is 16.4 Å². The third kappa shape index (κ3) is 4.51. The maximum absolute atomic E-state index is 13.1. The molecule has 6 nitrogen and oxygen atoms in total. The monoisotopic (exact) mass is 435 g/mol. The van der Waals surface area contributed by atoms with E-state index in [2.05, 4.69) is 9.88 Å². The Morgan fingerprint density at radius 2 is 1.66 bits per heavy atom. The fourth-order valence-corrected chi connectivity index (χ4v) is 4.75. The largest absolute Gasteiger partial charge is 0.439 e. The fourth-order valence-electron chi connectivity index (χ4n) is 3.21. The average Bonchev–Trinajstić information content (AvgIpc) is 3.18. The standard InChI is InChI=1S/C20H19ClFN3O3S/c21-16-3-1-15(2-4-16)19-13-23-20(28-19)14-24-9-11-25(12-10-24)29(26,27)18-7-5-17(22)6-8-18/h1-8,13H,9-12,14H2. The van der Waals surface area contributed by atoms with Gasteiger partial charge in [-0.25, -0.2) is 17.8 Å². The second kappa shape index (κ2) is 8.23. The molecule has 0 unspecified atom stereocenters. The summed E-state index contributed by atoms with van der Waals surface area (Å²) in [7, 11) is -3.62. The molecule has 0 amide bonds. The van der Waals surface area contributed by atoms with Gasteiger partial charge in [0.1, 0.15) is 5.82 Å². The zero-order valence-corrected chi connectivity index (χ0v) is 17.0. The molecule has 1 saturated heterocycles. The second-order valence-corrected chi connectivity index (χ2v) is 9.13. The molecule has 1 fully saturated rings. The molecule has 0 atom stereocenters. The van der Waals surface area contributed by atoms with Gasteiger partial charge in [0.25, 0.3) is 0 Å². The van der Waals surface area contributed by atoms with Crippen molar-refractivity contribution in [2.75, 3.05) is 26.2 Å². The molecule has 0 saturated carbocycles. The quantitative estimate of drug-likeness (QED) is 0.612. The summed E-state index contributed by atoms with van der Waals surface area (Å²) in [5.41, 5.74) is 0.892. The van der Waals surface area contributed by atoms with Crippen molar-refractivity contribution >= 4 is 21.6 Å². The van der Waals surface area contributed by atoms with Crippen LogP contribution in [0.5, 0.6) is 0 Å². The Hall–Kier alpha value is -2.26. The number of aromatic nitrogens is 1. The van der Waals surface area contributed by atoms with Crippen LogP contribution in [-0.4, -0.2) is 48.8 Å². The molecular weight excluding hydrogens is 417 g/mol. The Morgan fingerprint density at radius 1 is 1.00 bits per heavy atom. The van der Waals surface area contributed by atoms with Crippen molar-refractivity contribution in [1.29, 1.82) is 0 Å². The summed E-state index contributed by atoms with van der Waals surface area (Å²) in [5.74, 6) is 0.775. The van der Waals surface area contributed by atoms with Crippen LogP contribution in [0.4, 0.5) is 4.39 Å². The van der Waals surface area contributed by atoms with E-state index in [9.17, 15) is 12.8 Å². The summed E-state index contributed by atoms with van der Waals surface area (Å²) >= 11 is 5.91. The van der Waals surface area contributed by atoms with Gasteiger partial charge in [-0.05, 0) is 48.5 Å². The Balaban J connectivity index is 1.37. The van der Waals surface area contributed by atoms with Crippen LogP contribution < -0.4 is 0 Å². The first-order valence-electron chi connectivity index (χ1n) is 9.10. The first kappa shape index (κ1) is 20.0. The number of nitrogens with zero attached hydrogens (tertiary/aromatic N) is 3. The van der Waals surface area contributed by atoms with E-state index in [1.807, 2.05) is 12.1 Å². The lowest BCUT2D eigenvalue weighted by atomic mass is 10.2. The first-order valence-corrected chi connectivity index (χ1v) is 10.9. The number of piperazine rings is 1. The molecule has 0 aliphatic carbocycles. The highest BCUT2D eigenvalue weighted by atomic mass is 35.5. The molecule has 4 rings (SSSR count). The van der Waals surface area contributed by atoms with Gasteiger partial charge in [-0.2, -0.15) is 4.31 Å². The molecule has 2 heterocycles. The second-order valence-electron chi connectivity index (χ2n) is 6.76. The predicted octanol–water partition coefficient (Wildman–Crippen LogP) is 3.64. The summed E-state index contributed by atoms with van der Waals surface area (Å²) in [4.78, 5) is 6.52. The highest BCUT2D eigenvalue weighted by Gasteiger charge is 2.29. The van der Waals surface area contributed by atoms with E-state index >= 15 is 0 Å². The lowest BCUT2D eigenvalue weighted by molar-refractivity contribution is 0.168. The Kier molecular flexibility index (Phi) is 5.69. The topological polar surface area (TPSA) is 66.7 Å². The number of hydrogen-bond acceptors (Lipinski definition) is 5. The first-order chi connectivity index (χ1) is 13.9. The Morgan fingerprint density at radius 3 is 2.31 bits per heavy atom. The van der Waals surface area contributed by atoms with Gasteiger partial charge in [0.2, 0.25) is 15.9 Å². The van der Waals surface area contributed by atoms with Gasteiger partial charge in [-0.1, -0.05) is 11.6 Å². The zero-order valence-electron chi connectivity index (χ0n) is 15.5. The number of hydrogen-bond donors (Lipinski definition) is 0. The van der Waals surface area contributed by atoms with E-state index in [4.69, 9.17) is 16.0 Å². The zero-order chi connectivity index (χ0) is 20.4. The molecule has 29 heavy (non-hydrogen) atoms. The SMILES string of the molecule is O=S(=O)(c1ccc(F)cc1)N1CCN(Cc2ncc(-c3ccc(Cl)cc3)o2)CC1. The number of sulfonamides is 1. The molecule has 152 valence electrons. The van der Waals surface area contributed by atoms with Crippen LogP contribution in [0.1, 0.15) is 5.89 Å². The van der Waals surface area contributed by atoms with Gasteiger partial charge < -0.3 is 4.42 Å². The molecule has 1 aliphatic rings. The van der Waals surface area contributed by atoms with Crippen LogP contribution in [0.3, 0.4) is 0 Å². The summed E-state index contributed by atoms with van der Waals surface area (Å²) in [6.07, 6.45) is 1.67. The fraction of sp³-hybridized carbons (Fsp3) is 0.250. The number of rotatable bonds is 5. The number of benzene rings is 2. The lowest BCUT2D eigenvalue weighted by Crippen LogP contribution is -2.48. The molecule has 1 aliphatic heterocycles. The van der Waals surface area contributed by atoms with Crippen molar-refractivity contribution < 1.29 is 17.2 Å². The Labute approximate surface area is 173 Å². The van der Waals surface area contributed by atoms with Gasteiger partial charge in [0.15, 0.2) is 5.76 Å². The summed E-state index contributed by atoms with van der Waals surface area (Å²) in [5, 5.41) is 0.655. The number of halogens is 2. The van der Waals surface area contributed by atoms with E-state index in [0.29, 0.717) is 49.4 Å².